The number of H-pyrrole nitrogens is 1. The van der Waals surface area contributed by atoms with Gasteiger partial charge in [0.2, 0.25) is 0 Å². The molecule has 0 atom stereocenters. The molecule has 1 aromatic heterocycles. The van der Waals surface area contributed by atoms with Crippen molar-refractivity contribution < 1.29 is 4.79 Å². The standard InChI is InChI=1S/C15H9Cl3N2O/c16-8-1-3-10-11(7-19-14(10)5-8)15(21)20-9-2-4-12(17)13(18)6-9/h1-7,19H,(H,20,21). The largest absolute Gasteiger partial charge is 0.360 e. The summed E-state index contributed by atoms with van der Waals surface area (Å²) in [6, 6.07) is 10.2. The van der Waals surface area contributed by atoms with Crippen LogP contribution in [0.15, 0.2) is 42.6 Å². The lowest BCUT2D eigenvalue weighted by Gasteiger charge is -2.05. The number of anilines is 1. The van der Waals surface area contributed by atoms with Crippen LogP contribution < -0.4 is 5.32 Å². The maximum Gasteiger partial charge on any atom is 0.257 e. The molecule has 0 bridgehead atoms. The molecule has 106 valence electrons. The van der Waals surface area contributed by atoms with Crippen LogP contribution in [-0.2, 0) is 0 Å². The Morgan fingerprint density at radius 3 is 2.57 bits per heavy atom. The second-order valence-corrected chi connectivity index (χ2v) is 5.73. The molecule has 1 amide bonds. The van der Waals surface area contributed by atoms with E-state index in [-0.39, 0.29) is 5.91 Å². The second kappa shape index (κ2) is 5.60. The third kappa shape index (κ3) is 2.86. The Labute approximate surface area is 135 Å². The molecule has 0 saturated heterocycles. The first-order valence-corrected chi connectivity index (χ1v) is 7.21. The minimum Gasteiger partial charge on any atom is -0.360 e. The van der Waals surface area contributed by atoms with Crippen LogP contribution in [0.1, 0.15) is 10.4 Å². The summed E-state index contributed by atoms with van der Waals surface area (Å²) < 4.78 is 0. The van der Waals surface area contributed by atoms with Crippen molar-refractivity contribution in [3.05, 3.63) is 63.2 Å². The van der Waals surface area contributed by atoms with Gasteiger partial charge in [-0.2, -0.15) is 0 Å². The van der Waals surface area contributed by atoms with Gasteiger partial charge in [-0.05, 0) is 30.3 Å². The molecule has 6 heteroatoms. The molecule has 2 aromatic carbocycles. The van der Waals surface area contributed by atoms with Crippen LogP contribution in [0.3, 0.4) is 0 Å². The van der Waals surface area contributed by atoms with Crippen molar-refractivity contribution in [2.75, 3.05) is 5.32 Å². The highest BCUT2D eigenvalue weighted by Gasteiger charge is 2.13. The van der Waals surface area contributed by atoms with Crippen LogP contribution in [0, 0.1) is 0 Å². The minimum absolute atomic E-state index is 0.234. The molecule has 3 nitrogen and oxygen atoms in total. The van der Waals surface area contributed by atoms with E-state index < -0.39 is 0 Å². The summed E-state index contributed by atoms with van der Waals surface area (Å²) in [7, 11) is 0. The zero-order valence-electron chi connectivity index (χ0n) is 10.6. The predicted octanol–water partition coefficient (Wildman–Crippen LogP) is 5.38. The number of hydrogen-bond acceptors (Lipinski definition) is 1. The van der Waals surface area contributed by atoms with E-state index in [0.29, 0.717) is 26.3 Å². The molecular weight excluding hydrogens is 331 g/mol. The van der Waals surface area contributed by atoms with Gasteiger partial charge in [0, 0.05) is 27.8 Å². The Kier molecular flexibility index (Phi) is 3.81. The zero-order valence-corrected chi connectivity index (χ0v) is 12.9. The van der Waals surface area contributed by atoms with Crippen LogP contribution in [-0.4, -0.2) is 10.9 Å². The summed E-state index contributed by atoms with van der Waals surface area (Å²) >= 11 is 17.7. The zero-order chi connectivity index (χ0) is 15.0. The molecule has 0 radical (unpaired) electrons. The lowest BCUT2D eigenvalue weighted by Crippen LogP contribution is -2.11. The molecule has 0 fully saturated rings. The molecule has 2 N–H and O–H groups in total. The normalized spacial score (nSPS) is 10.8. The number of hydrogen-bond donors (Lipinski definition) is 2. The third-order valence-corrected chi connectivity index (χ3v) is 4.04. The number of aromatic amines is 1. The van der Waals surface area contributed by atoms with Crippen molar-refractivity contribution in [1.29, 1.82) is 0 Å². The molecule has 1 heterocycles. The number of halogens is 3. The van der Waals surface area contributed by atoms with Crippen LogP contribution in [0.4, 0.5) is 5.69 Å². The summed E-state index contributed by atoms with van der Waals surface area (Å²) in [6.07, 6.45) is 1.65. The molecule has 0 aliphatic rings. The molecule has 0 spiro atoms. The molecule has 0 aliphatic carbocycles. The molecular formula is C15H9Cl3N2O. The highest BCUT2D eigenvalue weighted by Crippen LogP contribution is 2.26. The van der Waals surface area contributed by atoms with E-state index >= 15 is 0 Å². The molecule has 3 aromatic rings. The molecule has 3 rings (SSSR count). The van der Waals surface area contributed by atoms with Crippen molar-refractivity contribution in [2.45, 2.75) is 0 Å². The lowest BCUT2D eigenvalue weighted by molar-refractivity contribution is 0.102. The van der Waals surface area contributed by atoms with Crippen molar-refractivity contribution in [1.82, 2.24) is 4.98 Å². The van der Waals surface area contributed by atoms with E-state index in [1.165, 1.54) is 0 Å². The molecule has 21 heavy (non-hydrogen) atoms. The van der Waals surface area contributed by atoms with E-state index in [1.807, 2.05) is 0 Å². The summed E-state index contributed by atoms with van der Waals surface area (Å²) in [5.74, 6) is -0.234. The Balaban J connectivity index is 1.91. The Morgan fingerprint density at radius 1 is 1.00 bits per heavy atom. The van der Waals surface area contributed by atoms with Crippen LogP contribution in [0.5, 0.6) is 0 Å². The average molecular weight is 340 g/mol. The predicted molar refractivity (Wildman–Crippen MR) is 87.7 cm³/mol. The Morgan fingerprint density at radius 2 is 1.81 bits per heavy atom. The monoisotopic (exact) mass is 338 g/mol. The van der Waals surface area contributed by atoms with Gasteiger partial charge in [0.1, 0.15) is 0 Å². The van der Waals surface area contributed by atoms with E-state index in [9.17, 15) is 4.79 Å². The number of aromatic nitrogens is 1. The summed E-state index contributed by atoms with van der Waals surface area (Å²) in [4.78, 5) is 15.4. The van der Waals surface area contributed by atoms with Crippen molar-refractivity contribution >= 4 is 57.3 Å². The van der Waals surface area contributed by atoms with Gasteiger partial charge >= 0.3 is 0 Å². The SMILES string of the molecule is O=C(Nc1ccc(Cl)c(Cl)c1)c1c[nH]c2cc(Cl)ccc12. The minimum atomic E-state index is -0.234. The maximum atomic E-state index is 12.3. The van der Waals surface area contributed by atoms with E-state index in [2.05, 4.69) is 10.3 Å². The van der Waals surface area contributed by atoms with Gasteiger partial charge in [-0.1, -0.05) is 40.9 Å². The van der Waals surface area contributed by atoms with Crippen molar-refractivity contribution in [2.24, 2.45) is 0 Å². The number of rotatable bonds is 2. The third-order valence-electron chi connectivity index (χ3n) is 3.07. The fourth-order valence-electron chi connectivity index (χ4n) is 2.06. The Hall–Kier alpha value is -1.68. The van der Waals surface area contributed by atoms with Crippen LogP contribution in [0.2, 0.25) is 15.1 Å². The topological polar surface area (TPSA) is 44.9 Å². The second-order valence-electron chi connectivity index (χ2n) is 4.48. The highest BCUT2D eigenvalue weighted by molar-refractivity contribution is 6.42. The maximum absolute atomic E-state index is 12.3. The quantitative estimate of drug-likeness (QED) is 0.647. The number of carbonyl (C=O) groups is 1. The first-order valence-electron chi connectivity index (χ1n) is 6.07. The van der Waals surface area contributed by atoms with Gasteiger partial charge in [0.15, 0.2) is 0 Å². The molecule has 0 aliphatic heterocycles. The first kappa shape index (κ1) is 14.3. The number of nitrogens with one attached hydrogen (secondary N) is 2. The van der Waals surface area contributed by atoms with Gasteiger partial charge in [-0.25, -0.2) is 0 Å². The number of amides is 1. The number of fused-ring (bicyclic) bond motifs is 1. The molecule has 0 unspecified atom stereocenters. The smallest absolute Gasteiger partial charge is 0.257 e. The number of carbonyl (C=O) groups excluding carboxylic acids is 1. The van der Waals surface area contributed by atoms with E-state index in [0.717, 1.165) is 10.9 Å². The van der Waals surface area contributed by atoms with E-state index in [4.69, 9.17) is 34.8 Å². The first-order chi connectivity index (χ1) is 10.0. The summed E-state index contributed by atoms with van der Waals surface area (Å²) in [5, 5.41) is 5.03. The van der Waals surface area contributed by atoms with Gasteiger partial charge in [0.25, 0.3) is 5.91 Å². The fourth-order valence-corrected chi connectivity index (χ4v) is 2.53. The van der Waals surface area contributed by atoms with Gasteiger partial charge < -0.3 is 10.3 Å². The van der Waals surface area contributed by atoms with E-state index in [1.54, 1.807) is 42.6 Å². The molecule has 0 saturated carbocycles. The van der Waals surface area contributed by atoms with Crippen LogP contribution in [0.25, 0.3) is 10.9 Å². The summed E-state index contributed by atoms with van der Waals surface area (Å²) in [5.41, 5.74) is 1.92. The number of benzene rings is 2. The fraction of sp³-hybridized carbons (Fsp3) is 0. The van der Waals surface area contributed by atoms with Gasteiger partial charge in [-0.15, -0.1) is 0 Å². The summed E-state index contributed by atoms with van der Waals surface area (Å²) in [6.45, 7) is 0. The van der Waals surface area contributed by atoms with Gasteiger partial charge in [-0.3, -0.25) is 4.79 Å². The van der Waals surface area contributed by atoms with Crippen LogP contribution >= 0.6 is 34.8 Å². The highest BCUT2D eigenvalue weighted by atomic mass is 35.5. The van der Waals surface area contributed by atoms with Crippen molar-refractivity contribution in [3.8, 4) is 0 Å². The lowest BCUT2D eigenvalue weighted by atomic mass is 10.1. The van der Waals surface area contributed by atoms with Gasteiger partial charge in [0.05, 0.1) is 15.6 Å². The average Bonchev–Trinajstić information content (AvgIpc) is 2.85. The Bertz CT molecular complexity index is 842. The van der Waals surface area contributed by atoms with Crippen molar-refractivity contribution in [3.63, 3.8) is 0 Å².